The highest BCUT2D eigenvalue weighted by atomic mass is 19.1. The van der Waals surface area contributed by atoms with E-state index in [1.165, 1.54) is 44.6 Å². The normalized spacial score (nSPS) is 16.8. The maximum absolute atomic E-state index is 15.3. The Hall–Kier alpha value is -4.62. The zero-order valence-electron chi connectivity index (χ0n) is 24.6. The van der Waals surface area contributed by atoms with Crippen molar-refractivity contribution in [1.29, 1.82) is 0 Å². The van der Waals surface area contributed by atoms with Crippen molar-refractivity contribution >= 4 is 29.8 Å². The van der Waals surface area contributed by atoms with Crippen molar-refractivity contribution in [3.05, 3.63) is 59.5 Å². The fraction of sp³-hybridized carbons (Fsp3) is 0.429. The first-order chi connectivity index (χ1) is 19.5. The second kappa shape index (κ2) is 12.1. The molecule has 1 atom stereocenters. The summed E-state index contributed by atoms with van der Waals surface area (Å²) in [5.41, 5.74) is -4.49. The molecule has 2 heterocycles. The van der Waals surface area contributed by atoms with Gasteiger partial charge >= 0.3 is 18.2 Å². The second-order valence-corrected chi connectivity index (χ2v) is 11.2. The Labute approximate surface area is 241 Å². The van der Waals surface area contributed by atoms with Crippen LogP contribution < -0.4 is 10.1 Å². The van der Waals surface area contributed by atoms with Crippen LogP contribution in [-0.4, -0.2) is 64.0 Å². The van der Waals surface area contributed by atoms with Gasteiger partial charge in [-0.25, -0.2) is 33.3 Å². The van der Waals surface area contributed by atoms with Crippen LogP contribution in [0.4, 0.5) is 24.1 Å². The maximum Gasteiger partial charge on any atom is 0.428 e. The molecular weight excluding hydrogens is 556 g/mol. The third-order valence-corrected chi connectivity index (χ3v) is 5.30. The number of carbonyl (C=O) groups excluding carboxylic acids is 3. The van der Waals surface area contributed by atoms with Crippen molar-refractivity contribution in [2.45, 2.75) is 65.2 Å². The summed E-state index contributed by atoms with van der Waals surface area (Å²) in [6.45, 7) is 9.55. The van der Waals surface area contributed by atoms with Gasteiger partial charge in [-0.15, -0.1) is 4.90 Å². The van der Waals surface area contributed by atoms with Crippen molar-refractivity contribution in [2.75, 3.05) is 19.1 Å². The summed E-state index contributed by atoms with van der Waals surface area (Å²) in [6.07, 6.45) is 1.21. The van der Waals surface area contributed by atoms with Gasteiger partial charge in [0.1, 0.15) is 40.7 Å². The fourth-order valence-corrected chi connectivity index (χ4v) is 3.62. The van der Waals surface area contributed by atoms with Crippen LogP contribution in [0.1, 0.15) is 64.5 Å². The molecule has 0 aliphatic carbocycles. The molecule has 3 amide bonds. The number of nitrogens with one attached hydrogen (secondary N) is 1. The molecule has 1 N–H and O–H groups in total. The number of anilines is 1. The van der Waals surface area contributed by atoms with Crippen molar-refractivity contribution in [1.82, 2.24) is 14.9 Å². The Balaban J connectivity index is 2.07. The van der Waals surface area contributed by atoms with Crippen LogP contribution in [0.3, 0.4) is 0 Å². The van der Waals surface area contributed by atoms with E-state index in [1.807, 2.05) is 0 Å². The summed E-state index contributed by atoms with van der Waals surface area (Å²) in [5.74, 6) is -1.37. The monoisotopic (exact) mass is 589 g/mol. The van der Waals surface area contributed by atoms with E-state index in [4.69, 9.17) is 18.9 Å². The Morgan fingerprint density at radius 1 is 1.02 bits per heavy atom. The number of alkyl halides is 1. The van der Waals surface area contributed by atoms with Gasteiger partial charge in [-0.1, -0.05) is 0 Å². The van der Waals surface area contributed by atoms with Gasteiger partial charge < -0.3 is 24.3 Å². The van der Waals surface area contributed by atoms with Crippen LogP contribution in [0.5, 0.6) is 5.88 Å². The zero-order valence-corrected chi connectivity index (χ0v) is 24.6. The molecule has 0 saturated heterocycles. The number of amides is 3. The first-order valence-electron chi connectivity index (χ1n) is 12.7. The van der Waals surface area contributed by atoms with E-state index in [1.54, 1.807) is 41.5 Å². The standard InChI is InChI=1S/C28H33F2N5O7/c1-16-12-28(15-29,34-23(40-16)35(24(37)41-26(2,3)4)25(38)42-27(5,6)7)18-11-17(9-10-19(18)30)33-22(36)20-13-32-21(39-8)14-31-20/h9-14H,15H2,1-8H3,(H,33,36)/t28-/m1/s1. The minimum atomic E-state index is -2.11. The summed E-state index contributed by atoms with van der Waals surface area (Å²) in [4.78, 5) is 51.4. The molecule has 0 bridgehead atoms. The molecule has 14 heteroatoms. The van der Waals surface area contributed by atoms with Crippen LogP contribution in [-0.2, 0) is 19.7 Å². The quantitative estimate of drug-likeness (QED) is 0.478. The smallest absolute Gasteiger partial charge is 0.428 e. The molecule has 0 fully saturated rings. The summed E-state index contributed by atoms with van der Waals surface area (Å²) in [6, 6.07) is 2.74. The number of allylic oxidation sites excluding steroid dienone is 1. The van der Waals surface area contributed by atoms with E-state index < -0.39 is 53.3 Å². The van der Waals surface area contributed by atoms with Crippen molar-refractivity contribution < 1.29 is 42.1 Å². The Morgan fingerprint density at radius 3 is 2.14 bits per heavy atom. The van der Waals surface area contributed by atoms with Crippen LogP contribution in [0.25, 0.3) is 0 Å². The Bertz CT molecular complexity index is 1390. The molecule has 1 aromatic carbocycles. The highest BCUT2D eigenvalue weighted by molar-refractivity contribution is 6.06. The van der Waals surface area contributed by atoms with Gasteiger partial charge in [0.25, 0.3) is 5.91 Å². The largest absolute Gasteiger partial charge is 0.480 e. The van der Waals surface area contributed by atoms with E-state index in [0.717, 1.165) is 6.07 Å². The summed E-state index contributed by atoms with van der Waals surface area (Å²) >= 11 is 0. The maximum atomic E-state index is 15.3. The second-order valence-electron chi connectivity index (χ2n) is 11.2. The molecule has 12 nitrogen and oxygen atoms in total. The minimum absolute atomic E-state index is 0.00267. The Kier molecular flexibility index (Phi) is 9.18. The van der Waals surface area contributed by atoms with E-state index in [0.29, 0.717) is 4.90 Å². The SMILES string of the molecule is COc1cnc(C(=O)Nc2ccc(F)c([C@]3(CF)C=C(C)OC(N(C(=O)OC(C)(C)C)C(=O)OC(C)(C)C)=N3)c2)cn1. The molecular formula is C28H33F2N5O7. The lowest BCUT2D eigenvalue weighted by molar-refractivity contribution is 0.0106. The van der Waals surface area contributed by atoms with Gasteiger partial charge in [0, 0.05) is 11.3 Å². The molecule has 1 aliphatic rings. The third kappa shape index (κ3) is 7.77. The van der Waals surface area contributed by atoms with Gasteiger partial charge in [0.05, 0.1) is 19.5 Å². The molecule has 226 valence electrons. The first-order valence-corrected chi connectivity index (χ1v) is 12.7. The number of hydrogen-bond donors (Lipinski definition) is 1. The van der Waals surface area contributed by atoms with Gasteiger partial charge in [0.2, 0.25) is 5.88 Å². The molecule has 2 aromatic rings. The van der Waals surface area contributed by atoms with Gasteiger partial charge in [-0.05, 0) is 72.7 Å². The third-order valence-electron chi connectivity index (χ3n) is 5.30. The summed E-state index contributed by atoms with van der Waals surface area (Å²) < 4.78 is 51.4. The molecule has 0 radical (unpaired) electrons. The predicted molar refractivity (Wildman–Crippen MR) is 147 cm³/mol. The minimum Gasteiger partial charge on any atom is -0.480 e. The number of halogens is 2. The number of benzene rings is 1. The number of carbonyl (C=O) groups is 3. The van der Waals surface area contributed by atoms with Gasteiger partial charge in [0.15, 0.2) is 0 Å². The summed E-state index contributed by atoms with van der Waals surface area (Å²) in [5, 5.41) is 2.55. The highest BCUT2D eigenvalue weighted by Gasteiger charge is 2.43. The lowest BCUT2D eigenvalue weighted by Gasteiger charge is -2.34. The topological polar surface area (TPSA) is 142 Å². The van der Waals surface area contributed by atoms with Crippen molar-refractivity contribution in [2.24, 2.45) is 4.99 Å². The van der Waals surface area contributed by atoms with E-state index >= 15 is 4.39 Å². The lowest BCUT2D eigenvalue weighted by atomic mass is 9.89. The number of ether oxygens (including phenoxy) is 4. The molecule has 3 rings (SSSR count). The van der Waals surface area contributed by atoms with Gasteiger partial charge in [-0.3, -0.25) is 4.79 Å². The fourth-order valence-electron chi connectivity index (χ4n) is 3.62. The van der Waals surface area contributed by atoms with Crippen molar-refractivity contribution in [3.8, 4) is 5.88 Å². The van der Waals surface area contributed by atoms with Gasteiger partial charge in [-0.2, -0.15) is 0 Å². The number of aromatic nitrogens is 2. The molecule has 0 unspecified atom stereocenters. The van der Waals surface area contributed by atoms with E-state index in [2.05, 4.69) is 20.3 Å². The first kappa shape index (κ1) is 31.9. The number of rotatable bonds is 5. The molecule has 0 saturated carbocycles. The Morgan fingerprint density at radius 2 is 1.64 bits per heavy atom. The average Bonchev–Trinajstić information content (AvgIpc) is 2.87. The zero-order chi connectivity index (χ0) is 31.5. The highest BCUT2D eigenvalue weighted by Crippen LogP contribution is 2.37. The number of nitrogens with zero attached hydrogens (tertiary/aromatic N) is 4. The number of amidine groups is 1. The van der Waals surface area contributed by atoms with Crippen molar-refractivity contribution in [3.63, 3.8) is 0 Å². The van der Waals surface area contributed by atoms with Crippen LogP contribution in [0.15, 0.2) is 47.4 Å². The number of methoxy groups -OCH3 is 1. The van der Waals surface area contributed by atoms with Crippen LogP contribution in [0.2, 0.25) is 0 Å². The van der Waals surface area contributed by atoms with Crippen LogP contribution in [0, 0.1) is 5.82 Å². The molecule has 1 aliphatic heterocycles. The molecule has 1 aromatic heterocycles. The lowest BCUT2D eigenvalue weighted by Crippen LogP contribution is -2.49. The van der Waals surface area contributed by atoms with E-state index in [9.17, 15) is 18.8 Å². The predicted octanol–water partition coefficient (Wildman–Crippen LogP) is 5.50. The average molecular weight is 590 g/mol. The van der Waals surface area contributed by atoms with E-state index in [-0.39, 0.29) is 28.6 Å². The number of aliphatic imine (C=N–C) groups is 1. The summed E-state index contributed by atoms with van der Waals surface area (Å²) in [7, 11) is 1.39. The number of imide groups is 1. The molecule has 42 heavy (non-hydrogen) atoms. The van der Waals surface area contributed by atoms with Crippen LogP contribution >= 0.6 is 0 Å². The number of hydrogen-bond acceptors (Lipinski definition) is 10. The molecule has 0 spiro atoms.